The third kappa shape index (κ3) is 3.90. The highest BCUT2D eigenvalue weighted by Gasteiger charge is 2.48. The summed E-state index contributed by atoms with van der Waals surface area (Å²) in [6.07, 6.45) is 1.60. The number of Topliss-reactive ketones (excluding diaryl/α,β-unsaturated/α-hetero) is 1. The van der Waals surface area contributed by atoms with E-state index in [0.29, 0.717) is 28.5 Å². The molecular formula is C23H18FN3O4S. The monoisotopic (exact) mass is 451 g/mol. The van der Waals surface area contributed by atoms with Crippen LogP contribution < -0.4 is 9.64 Å². The number of halogens is 1. The van der Waals surface area contributed by atoms with Crippen LogP contribution in [0.15, 0.2) is 66.8 Å². The Balaban J connectivity index is 1.84. The molecule has 0 spiro atoms. The Morgan fingerprint density at radius 3 is 2.47 bits per heavy atom. The number of aliphatic hydroxyl groups excluding tert-OH is 1. The van der Waals surface area contributed by atoms with Crippen molar-refractivity contribution in [1.82, 2.24) is 10.2 Å². The lowest BCUT2D eigenvalue weighted by molar-refractivity contribution is -0.132. The van der Waals surface area contributed by atoms with Gasteiger partial charge < -0.3 is 9.84 Å². The van der Waals surface area contributed by atoms with Crippen molar-refractivity contribution in [3.63, 3.8) is 0 Å². The average Bonchev–Trinajstić information content (AvgIpc) is 3.33. The molecule has 0 aliphatic carbocycles. The standard InChI is InChI=1S/C23H18FN3O4S/c1-3-12-31-17-10-6-15(7-11-17)20(28)18-19(14-4-8-16(24)9-5-14)27(22(30)21(18)29)23-26-25-13(2)32-23/h3-11,19,28H,1,12H2,2H3. The van der Waals surface area contributed by atoms with E-state index in [0.717, 1.165) is 11.3 Å². The van der Waals surface area contributed by atoms with Crippen molar-refractivity contribution < 1.29 is 23.8 Å². The number of ketones is 1. The molecule has 1 unspecified atom stereocenters. The molecule has 0 bridgehead atoms. The molecule has 1 saturated heterocycles. The fraction of sp³-hybridized carbons (Fsp3) is 0.130. The summed E-state index contributed by atoms with van der Waals surface area (Å²) in [5, 5.41) is 19.8. The molecule has 9 heteroatoms. The summed E-state index contributed by atoms with van der Waals surface area (Å²) in [4.78, 5) is 27.1. The second-order valence-corrected chi connectivity index (χ2v) is 8.11. The van der Waals surface area contributed by atoms with Gasteiger partial charge in [0, 0.05) is 5.56 Å². The molecular weight excluding hydrogens is 433 g/mol. The highest BCUT2D eigenvalue weighted by Crippen LogP contribution is 2.43. The van der Waals surface area contributed by atoms with Crippen LogP contribution in [0.4, 0.5) is 9.52 Å². The number of nitrogens with zero attached hydrogens (tertiary/aromatic N) is 3. The molecule has 1 aliphatic heterocycles. The molecule has 1 N–H and O–H groups in total. The minimum atomic E-state index is -0.986. The fourth-order valence-corrected chi connectivity index (χ4v) is 4.11. The van der Waals surface area contributed by atoms with Crippen LogP contribution in [0.1, 0.15) is 22.2 Å². The number of amides is 1. The molecule has 7 nitrogen and oxygen atoms in total. The van der Waals surface area contributed by atoms with Crippen molar-refractivity contribution in [2.45, 2.75) is 13.0 Å². The van der Waals surface area contributed by atoms with Crippen molar-refractivity contribution in [2.24, 2.45) is 0 Å². The van der Waals surface area contributed by atoms with Crippen LogP contribution in [0.3, 0.4) is 0 Å². The van der Waals surface area contributed by atoms with Crippen molar-refractivity contribution in [3.8, 4) is 5.75 Å². The lowest BCUT2D eigenvalue weighted by Gasteiger charge is -2.22. The van der Waals surface area contributed by atoms with E-state index in [1.54, 1.807) is 37.3 Å². The molecule has 3 aromatic rings. The van der Waals surface area contributed by atoms with Gasteiger partial charge in [0.1, 0.15) is 28.9 Å². The largest absolute Gasteiger partial charge is 0.507 e. The molecule has 2 aromatic carbocycles. The molecule has 162 valence electrons. The second-order valence-electron chi connectivity index (χ2n) is 6.95. The maximum absolute atomic E-state index is 13.6. The van der Waals surface area contributed by atoms with E-state index in [1.165, 1.54) is 29.2 Å². The number of rotatable bonds is 6. The van der Waals surface area contributed by atoms with Gasteiger partial charge >= 0.3 is 5.91 Å². The summed E-state index contributed by atoms with van der Waals surface area (Å²) < 4.78 is 19.0. The van der Waals surface area contributed by atoms with Gasteiger partial charge in [-0.3, -0.25) is 14.5 Å². The van der Waals surface area contributed by atoms with Crippen LogP contribution in [0, 0.1) is 12.7 Å². The third-order valence-corrected chi connectivity index (χ3v) is 5.69. The number of aromatic nitrogens is 2. The summed E-state index contributed by atoms with van der Waals surface area (Å²) >= 11 is 1.14. The zero-order valence-electron chi connectivity index (χ0n) is 17.0. The first-order chi connectivity index (χ1) is 15.4. The smallest absolute Gasteiger partial charge is 0.301 e. The highest BCUT2D eigenvalue weighted by atomic mass is 32.1. The van der Waals surface area contributed by atoms with Crippen LogP contribution in [0.5, 0.6) is 5.75 Å². The number of carbonyl (C=O) groups is 2. The van der Waals surface area contributed by atoms with E-state index >= 15 is 0 Å². The van der Waals surface area contributed by atoms with Crippen LogP contribution in [0.25, 0.3) is 5.76 Å². The normalized spacial score (nSPS) is 17.6. The van der Waals surface area contributed by atoms with Gasteiger partial charge in [-0.2, -0.15) is 0 Å². The molecule has 0 saturated carbocycles. The first-order valence-corrected chi connectivity index (χ1v) is 10.4. The van der Waals surface area contributed by atoms with Crippen molar-refractivity contribution >= 4 is 33.9 Å². The Morgan fingerprint density at radius 2 is 1.88 bits per heavy atom. The Kier molecular flexibility index (Phi) is 5.83. The van der Waals surface area contributed by atoms with Gasteiger partial charge in [0.25, 0.3) is 5.78 Å². The number of aliphatic hydroxyl groups is 1. The van der Waals surface area contributed by atoms with Gasteiger partial charge in [-0.05, 0) is 48.9 Å². The number of hydrogen-bond acceptors (Lipinski definition) is 7. The summed E-state index contributed by atoms with van der Waals surface area (Å²) in [7, 11) is 0. The zero-order valence-corrected chi connectivity index (χ0v) is 17.8. The van der Waals surface area contributed by atoms with Crippen LogP contribution in [-0.2, 0) is 9.59 Å². The average molecular weight is 451 g/mol. The van der Waals surface area contributed by atoms with E-state index in [-0.39, 0.29) is 16.5 Å². The Labute approximate surface area is 187 Å². The van der Waals surface area contributed by atoms with E-state index < -0.39 is 23.5 Å². The van der Waals surface area contributed by atoms with Gasteiger partial charge in [0.05, 0.1) is 11.6 Å². The fourth-order valence-electron chi connectivity index (χ4n) is 3.39. The molecule has 32 heavy (non-hydrogen) atoms. The first kappa shape index (κ1) is 21.4. The molecule has 1 aromatic heterocycles. The van der Waals surface area contributed by atoms with Crippen molar-refractivity contribution in [2.75, 3.05) is 11.5 Å². The number of carbonyl (C=O) groups excluding carboxylic acids is 2. The Morgan fingerprint density at radius 1 is 1.19 bits per heavy atom. The summed E-state index contributed by atoms with van der Waals surface area (Å²) in [6.45, 7) is 5.63. The lowest BCUT2D eigenvalue weighted by atomic mass is 9.95. The molecule has 2 heterocycles. The maximum atomic E-state index is 13.6. The van der Waals surface area contributed by atoms with Gasteiger partial charge in [-0.1, -0.05) is 36.1 Å². The molecule has 1 atom stereocenters. The Bertz CT molecular complexity index is 1220. The molecule has 1 fully saturated rings. The first-order valence-electron chi connectivity index (χ1n) is 9.61. The maximum Gasteiger partial charge on any atom is 0.301 e. The summed E-state index contributed by atoms with van der Waals surface area (Å²) in [5.41, 5.74) is 0.662. The van der Waals surface area contributed by atoms with Crippen molar-refractivity contribution in [1.29, 1.82) is 0 Å². The van der Waals surface area contributed by atoms with E-state index in [4.69, 9.17) is 4.74 Å². The van der Waals surface area contributed by atoms with E-state index in [2.05, 4.69) is 16.8 Å². The predicted molar refractivity (Wildman–Crippen MR) is 118 cm³/mol. The number of benzene rings is 2. The minimum Gasteiger partial charge on any atom is -0.507 e. The number of ether oxygens (including phenoxy) is 1. The van der Waals surface area contributed by atoms with Gasteiger partial charge in [-0.15, -0.1) is 10.2 Å². The summed E-state index contributed by atoms with van der Waals surface area (Å²) in [6, 6.07) is 10.8. The summed E-state index contributed by atoms with van der Waals surface area (Å²) in [5.74, 6) is -1.97. The SMILES string of the molecule is C=CCOc1ccc(C(O)=C2C(=O)C(=O)N(c3nnc(C)s3)C2c2ccc(F)cc2)cc1. The zero-order chi connectivity index (χ0) is 22.8. The molecule has 1 amide bonds. The third-order valence-electron chi connectivity index (χ3n) is 4.85. The molecule has 4 rings (SSSR count). The number of aryl methyl sites for hydroxylation is 1. The second kappa shape index (κ2) is 8.72. The van der Waals surface area contributed by atoms with Crippen LogP contribution in [0.2, 0.25) is 0 Å². The topological polar surface area (TPSA) is 92.6 Å². The predicted octanol–water partition coefficient (Wildman–Crippen LogP) is 4.18. The number of anilines is 1. The van der Waals surface area contributed by atoms with E-state index in [1.807, 2.05) is 0 Å². The van der Waals surface area contributed by atoms with Crippen LogP contribution >= 0.6 is 11.3 Å². The molecule has 1 aliphatic rings. The molecule has 0 radical (unpaired) electrons. The Hall–Kier alpha value is -3.85. The van der Waals surface area contributed by atoms with Crippen molar-refractivity contribution in [3.05, 3.63) is 88.7 Å². The quantitative estimate of drug-likeness (QED) is 0.262. The van der Waals surface area contributed by atoms with Gasteiger partial charge in [-0.25, -0.2) is 4.39 Å². The van der Waals surface area contributed by atoms with Gasteiger partial charge in [0.15, 0.2) is 0 Å². The number of hydrogen-bond donors (Lipinski definition) is 1. The van der Waals surface area contributed by atoms with E-state index in [9.17, 15) is 19.1 Å². The van der Waals surface area contributed by atoms with Gasteiger partial charge in [0.2, 0.25) is 5.13 Å². The lowest BCUT2D eigenvalue weighted by Crippen LogP contribution is -2.29. The highest BCUT2D eigenvalue weighted by molar-refractivity contribution is 7.15. The minimum absolute atomic E-state index is 0.116. The van der Waals surface area contributed by atoms with Crippen LogP contribution in [-0.4, -0.2) is 33.6 Å².